The fraction of sp³-hybridized carbons (Fsp3) is 0.529. The van der Waals surface area contributed by atoms with Gasteiger partial charge in [-0.05, 0) is 44.2 Å². The summed E-state index contributed by atoms with van der Waals surface area (Å²) in [5.41, 5.74) is 2.82. The van der Waals surface area contributed by atoms with Crippen LogP contribution < -0.4 is 5.32 Å². The lowest BCUT2D eigenvalue weighted by Gasteiger charge is -2.19. The summed E-state index contributed by atoms with van der Waals surface area (Å²) in [6.07, 6.45) is 6.73. The van der Waals surface area contributed by atoms with E-state index in [9.17, 15) is 0 Å². The second-order valence-electron chi connectivity index (χ2n) is 5.16. The van der Waals surface area contributed by atoms with Crippen LogP contribution in [0.15, 0.2) is 36.9 Å². The fourth-order valence-electron chi connectivity index (χ4n) is 2.19. The lowest BCUT2D eigenvalue weighted by molar-refractivity contribution is 0.482. The highest BCUT2D eigenvalue weighted by atomic mass is 14.9. The Morgan fingerprint density at radius 2 is 1.89 bits per heavy atom. The molecule has 0 heterocycles. The third kappa shape index (κ3) is 5.05. The van der Waals surface area contributed by atoms with Crippen molar-refractivity contribution in [1.82, 2.24) is 5.32 Å². The molecule has 2 unspecified atom stereocenters. The van der Waals surface area contributed by atoms with E-state index >= 15 is 0 Å². The van der Waals surface area contributed by atoms with Gasteiger partial charge < -0.3 is 5.32 Å². The Morgan fingerprint density at radius 3 is 2.44 bits per heavy atom. The number of benzene rings is 1. The highest BCUT2D eigenvalue weighted by molar-refractivity contribution is 5.24. The summed E-state index contributed by atoms with van der Waals surface area (Å²) >= 11 is 0. The molecule has 100 valence electrons. The van der Waals surface area contributed by atoms with E-state index < -0.39 is 0 Å². The van der Waals surface area contributed by atoms with Crippen molar-refractivity contribution in [3.63, 3.8) is 0 Å². The van der Waals surface area contributed by atoms with Gasteiger partial charge in [-0.3, -0.25) is 0 Å². The summed E-state index contributed by atoms with van der Waals surface area (Å²) in [5, 5.41) is 3.59. The second kappa shape index (κ2) is 8.10. The number of rotatable bonds is 8. The van der Waals surface area contributed by atoms with Gasteiger partial charge in [-0.2, -0.15) is 0 Å². The molecule has 0 bridgehead atoms. The van der Waals surface area contributed by atoms with E-state index in [1.54, 1.807) is 0 Å². The Hall–Kier alpha value is -1.08. The molecule has 1 aromatic rings. The van der Waals surface area contributed by atoms with Gasteiger partial charge in [0.25, 0.3) is 0 Å². The zero-order valence-electron chi connectivity index (χ0n) is 12.1. The Bertz CT molecular complexity index is 339. The predicted octanol–water partition coefficient (Wildman–Crippen LogP) is 4.64. The number of nitrogens with one attached hydrogen (secondary N) is 1. The summed E-state index contributed by atoms with van der Waals surface area (Å²) in [5.74, 6) is 0. The van der Waals surface area contributed by atoms with Crippen molar-refractivity contribution in [2.45, 2.75) is 58.5 Å². The van der Waals surface area contributed by atoms with Crippen LogP contribution in [0, 0.1) is 0 Å². The van der Waals surface area contributed by atoms with Crippen LogP contribution >= 0.6 is 0 Å². The van der Waals surface area contributed by atoms with Crippen LogP contribution in [0.1, 0.15) is 57.2 Å². The van der Waals surface area contributed by atoms with Gasteiger partial charge in [-0.1, -0.05) is 43.7 Å². The highest BCUT2D eigenvalue weighted by Crippen LogP contribution is 2.15. The third-order valence-corrected chi connectivity index (χ3v) is 3.35. The quantitative estimate of drug-likeness (QED) is 0.658. The first kappa shape index (κ1) is 15.0. The monoisotopic (exact) mass is 245 g/mol. The normalized spacial score (nSPS) is 14.2. The second-order valence-corrected chi connectivity index (χ2v) is 5.16. The first-order valence-electron chi connectivity index (χ1n) is 7.13. The summed E-state index contributed by atoms with van der Waals surface area (Å²) in [7, 11) is 0. The number of aryl methyl sites for hydroxylation is 1. The molecule has 0 amide bonds. The van der Waals surface area contributed by atoms with Crippen molar-refractivity contribution >= 4 is 0 Å². The van der Waals surface area contributed by atoms with Crippen LogP contribution in [0.3, 0.4) is 0 Å². The molecule has 18 heavy (non-hydrogen) atoms. The smallest absolute Gasteiger partial charge is 0.0294 e. The van der Waals surface area contributed by atoms with Crippen LogP contribution in [0.5, 0.6) is 0 Å². The van der Waals surface area contributed by atoms with Gasteiger partial charge in [0.15, 0.2) is 0 Å². The summed E-state index contributed by atoms with van der Waals surface area (Å²) < 4.78 is 0. The average molecular weight is 245 g/mol. The molecule has 0 saturated carbocycles. The van der Waals surface area contributed by atoms with E-state index in [-0.39, 0.29) is 0 Å². The van der Waals surface area contributed by atoms with Crippen molar-refractivity contribution in [3.8, 4) is 0 Å². The number of hydrogen-bond acceptors (Lipinski definition) is 1. The molecule has 0 fully saturated rings. The van der Waals surface area contributed by atoms with Crippen molar-refractivity contribution in [2.24, 2.45) is 0 Å². The first-order valence-corrected chi connectivity index (χ1v) is 7.13. The number of unbranched alkanes of at least 4 members (excludes halogenated alkanes) is 1. The molecule has 1 nitrogen and oxygen atoms in total. The highest BCUT2D eigenvalue weighted by Gasteiger charge is 2.08. The van der Waals surface area contributed by atoms with Gasteiger partial charge in [0.1, 0.15) is 0 Å². The van der Waals surface area contributed by atoms with Gasteiger partial charge in [-0.15, -0.1) is 6.58 Å². The zero-order chi connectivity index (χ0) is 13.4. The minimum absolute atomic E-state index is 0.403. The summed E-state index contributed by atoms with van der Waals surface area (Å²) in [6.45, 7) is 10.4. The Kier molecular flexibility index (Phi) is 6.74. The number of hydrogen-bond donors (Lipinski definition) is 1. The Labute approximate surface area is 112 Å². The van der Waals surface area contributed by atoms with E-state index in [0.29, 0.717) is 12.1 Å². The largest absolute Gasteiger partial charge is 0.307 e. The minimum atomic E-state index is 0.403. The van der Waals surface area contributed by atoms with Crippen LogP contribution in [0.4, 0.5) is 0 Å². The van der Waals surface area contributed by atoms with Crippen LogP contribution in [-0.4, -0.2) is 6.04 Å². The maximum absolute atomic E-state index is 3.78. The van der Waals surface area contributed by atoms with Gasteiger partial charge in [0.2, 0.25) is 0 Å². The average Bonchev–Trinajstić information content (AvgIpc) is 2.37. The molecule has 0 aliphatic rings. The minimum Gasteiger partial charge on any atom is -0.307 e. The third-order valence-electron chi connectivity index (χ3n) is 3.35. The molecule has 0 saturated heterocycles. The molecule has 1 aromatic carbocycles. The molecule has 1 rings (SSSR count). The molecule has 0 spiro atoms. The van der Waals surface area contributed by atoms with E-state index in [1.807, 2.05) is 6.08 Å². The molecule has 1 N–H and O–H groups in total. The SMILES string of the molecule is C=CCC(C)NC(C)c1ccc(CCCC)cc1. The molecule has 0 aliphatic carbocycles. The molecule has 1 heteroatoms. The molecule has 2 atom stereocenters. The standard InChI is InChI=1S/C17H27N/c1-5-7-9-16-10-12-17(13-11-16)15(4)18-14(3)8-6-2/h6,10-15,18H,2,5,7-9H2,1,3-4H3. The van der Waals surface area contributed by atoms with E-state index in [4.69, 9.17) is 0 Å². The Balaban J connectivity index is 2.52. The maximum Gasteiger partial charge on any atom is 0.0294 e. The van der Waals surface area contributed by atoms with Gasteiger partial charge in [0, 0.05) is 12.1 Å². The molecular weight excluding hydrogens is 218 g/mol. The van der Waals surface area contributed by atoms with Crippen molar-refractivity contribution in [2.75, 3.05) is 0 Å². The van der Waals surface area contributed by atoms with E-state index in [1.165, 1.54) is 30.4 Å². The van der Waals surface area contributed by atoms with Gasteiger partial charge in [0.05, 0.1) is 0 Å². The topological polar surface area (TPSA) is 12.0 Å². The van der Waals surface area contributed by atoms with E-state index in [0.717, 1.165) is 6.42 Å². The van der Waals surface area contributed by atoms with Crippen molar-refractivity contribution in [1.29, 1.82) is 0 Å². The first-order chi connectivity index (χ1) is 8.67. The lowest BCUT2D eigenvalue weighted by atomic mass is 10.0. The molecule has 0 aromatic heterocycles. The maximum atomic E-state index is 3.78. The van der Waals surface area contributed by atoms with Gasteiger partial charge in [-0.25, -0.2) is 0 Å². The lowest BCUT2D eigenvalue weighted by Crippen LogP contribution is -2.28. The Morgan fingerprint density at radius 1 is 1.22 bits per heavy atom. The van der Waals surface area contributed by atoms with Crippen molar-refractivity contribution < 1.29 is 0 Å². The predicted molar refractivity (Wildman–Crippen MR) is 80.9 cm³/mol. The van der Waals surface area contributed by atoms with Crippen LogP contribution in [0.2, 0.25) is 0 Å². The van der Waals surface area contributed by atoms with Crippen molar-refractivity contribution in [3.05, 3.63) is 48.0 Å². The van der Waals surface area contributed by atoms with Crippen LogP contribution in [-0.2, 0) is 6.42 Å². The molecule has 0 radical (unpaired) electrons. The van der Waals surface area contributed by atoms with Crippen LogP contribution in [0.25, 0.3) is 0 Å². The molecular formula is C17H27N. The van der Waals surface area contributed by atoms with Gasteiger partial charge >= 0.3 is 0 Å². The molecule has 0 aliphatic heterocycles. The summed E-state index contributed by atoms with van der Waals surface area (Å²) in [4.78, 5) is 0. The summed E-state index contributed by atoms with van der Waals surface area (Å²) in [6, 6.07) is 9.92. The fourth-order valence-corrected chi connectivity index (χ4v) is 2.19. The zero-order valence-corrected chi connectivity index (χ0v) is 12.1. The van der Waals surface area contributed by atoms with E-state index in [2.05, 4.69) is 56.9 Å².